The topological polar surface area (TPSA) is 55.8 Å². The molecule has 0 saturated carbocycles. The maximum atomic E-state index is 10.5. The van der Waals surface area contributed by atoms with Crippen LogP contribution in [-0.2, 0) is 13.6 Å². The van der Waals surface area contributed by atoms with E-state index in [-0.39, 0.29) is 13.2 Å². The lowest BCUT2D eigenvalue weighted by Crippen LogP contribution is -1.93. The fourth-order valence-electron chi connectivity index (χ4n) is 0.364. The molecule has 0 bridgehead atoms. The normalized spacial score (nSPS) is 11.9. The Balaban J connectivity index is 3.58. The third kappa shape index (κ3) is 4.60. The van der Waals surface area contributed by atoms with Gasteiger partial charge in [0.05, 0.1) is 13.2 Å². The van der Waals surface area contributed by atoms with Crippen molar-refractivity contribution < 1.29 is 18.5 Å². The van der Waals surface area contributed by atoms with E-state index < -0.39 is 7.82 Å². The molecule has 5 heteroatoms. The Morgan fingerprint density at radius 1 is 1.33 bits per heavy atom. The largest absolute Gasteiger partial charge is 0.472 e. The Hall–Kier alpha value is 0.110. The van der Waals surface area contributed by atoms with E-state index in [2.05, 4.69) is 9.05 Å². The number of hydrogen-bond acceptors (Lipinski definition) is 3. The zero-order valence-electron chi connectivity index (χ0n) is 5.53. The van der Waals surface area contributed by atoms with Crippen molar-refractivity contribution in [3.63, 3.8) is 0 Å². The standard InChI is InChI=1S/C4H11O4P/c1-3-7-9(5,6)8-4-2/h3-4H2,1-2H3,(H,5,6). The lowest BCUT2D eigenvalue weighted by atomic mass is 10.9. The van der Waals surface area contributed by atoms with Crippen LogP contribution in [0.4, 0.5) is 0 Å². The van der Waals surface area contributed by atoms with E-state index in [0.717, 1.165) is 0 Å². The van der Waals surface area contributed by atoms with Gasteiger partial charge in [0, 0.05) is 0 Å². The second-order valence-electron chi connectivity index (χ2n) is 1.30. The molecular formula is C4H11O4P. The van der Waals surface area contributed by atoms with Gasteiger partial charge in [-0.2, -0.15) is 0 Å². The molecule has 0 aromatic carbocycles. The van der Waals surface area contributed by atoms with Crippen molar-refractivity contribution in [1.82, 2.24) is 0 Å². The summed E-state index contributed by atoms with van der Waals surface area (Å²) in [6.07, 6.45) is 0. The van der Waals surface area contributed by atoms with Gasteiger partial charge >= 0.3 is 7.82 Å². The summed E-state index contributed by atoms with van der Waals surface area (Å²) < 4.78 is 19.2. The van der Waals surface area contributed by atoms with Gasteiger partial charge in [-0.25, -0.2) is 4.57 Å². The van der Waals surface area contributed by atoms with Crippen LogP contribution in [0.25, 0.3) is 0 Å². The zero-order chi connectivity index (χ0) is 7.33. The molecule has 0 spiro atoms. The van der Waals surface area contributed by atoms with Crippen LogP contribution in [0.1, 0.15) is 13.8 Å². The molecule has 9 heavy (non-hydrogen) atoms. The van der Waals surface area contributed by atoms with Gasteiger partial charge < -0.3 is 4.89 Å². The molecule has 0 aliphatic heterocycles. The molecule has 0 rings (SSSR count). The van der Waals surface area contributed by atoms with Gasteiger partial charge in [0.1, 0.15) is 0 Å². The first kappa shape index (κ1) is 9.11. The van der Waals surface area contributed by atoms with Crippen LogP contribution in [0, 0.1) is 0 Å². The molecule has 0 fully saturated rings. The van der Waals surface area contributed by atoms with Gasteiger partial charge in [-0.3, -0.25) is 9.05 Å². The molecule has 1 N–H and O–H groups in total. The van der Waals surface area contributed by atoms with E-state index in [9.17, 15) is 4.57 Å². The Morgan fingerprint density at radius 3 is 1.89 bits per heavy atom. The summed E-state index contributed by atoms with van der Waals surface area (Å²) in [5.74, 6) is 0. The highest BCUT2D eigenvalue weighted by molar-refractivity contribution is 7.47. The summed E-state index contributed by atoms with van der Waals surface area (Å²) in [6, 6.07) is 0. The minimum Gasteiger partial charge on any atom is -0.302 e. The Labute approximate surface area is 54.4 Å². The summed E-state index contributed by atoms with van der Waals surface area (Å²) >= 11 is 0. The van der Waals surface area contributed by atoms with Crippen molar-refractivity contribution in [2.45, 2.75) is 13.8 Å². The fraction of sp³-hybridized carbons (Fsp3) is 1.00. The highest BCUT2D eigenvalue weighted by Crippen LogP contribution is 2.42. The monoisotopic (exact) mass is 154 g/mol. The second kappa shape index (κ2) is 4.01. The lowest BCUT2D eigenvalue weighted by molar-refractivity contribution is 0.161. The van der Waals surface area contributed by atoms with Crippen LogP contribution in [0.3, 0.4) is 0 Å². The van der Waals surface area contributed by atoms with Crippen LogP contribution >= 0.6 is 7.82 Å². The van der Waals surface area contributed by atoms with Crippen LogP contribution in [0.5, 0.6) is 0 Å². The Kier molecular flexibility index (Phi) is 4.06. The van der Waals surface area contributed by atoms with Crippen LogP contribution in [0.15, 0.2) is 0 Å². The van der Waals surface area contributed by atoms with Gasteiger partial charge in [-0.15, -0.1) is 0 Å². The van der Waals surface area contributed by atoms with Crippen molar-refractivity contribution in [2.75, 3.05) is 13.2 Å². The molecule has 0 aliphatic rings. The Bertz CT molecular complexity index is 103. The van der Waals surface area contributed by atoms with Crippen LogP contribution < -0.4 is 0 Å². The zero-order valence-corrected chi connectivity index (χ0v) is 6.43. The first-order valence-corrected chi connectivity index (χ1v) is 4.23. The minimum absolute atomic E-state index is 0.188. The maximum absolute atomic E-state index is 10.5. The van der Waals surface area contributed by atoms with Crippen molar-refractivity contribution in [2.24, 2.45) is 0 Å². The van der Waals surface area contributed by atoms with Gasteiger partial charge in [0.2, 0.25) is 0 Å². The van der Waals surface area contributed by atoms with E-state index in [0.29, 0.717) is 0 Å². The summed E-state index contributed by atoms with van der Waals surface area (Å²) in [4.78, 5) is 8.63. The number of hydrogen-bond donors (Lipinski definition) is 1. The minimum atomic E-state index is -3.69. The summed E-state index contributed by atoms with van der Waals surface area (Å²) in [6.45, 7) is 3.63. The maximum Gasteiger partial charge on any atom is 0.472 e. The molecule has 0 radical (unpaired) electrons. The third-order valence-corrected chi connectivity index (χ3v) is 1.75. The van der Waals surface area contributed by atoms with Crippen molar-refractivity contribution in [3.05, 3.63) is 0 Å². The quantitative estimate of drug-likeness (QED) is 0.617. The van der Waals surface area contributed by atoms with Gasteiger partial charge in [-0.05, 0) is 13.8 Å². The molecule has 0 aliphatic carbocycles. The van der Waals surface area contributed by atoms with E-state index in [1.165, 1.54) is 0 Å². The number of rotatable bonds is 4. The first-order chi connectivity index (χ1) is 4.12. The molecule has 0 unspecified atom stereocenters. The van der Waals surface area contributed by atoms with Gasteiger partial charge in [0.15, 0.2) is 0 Å². The van der Waals surface area contributed by atoms with Crippen LogP contribution in [-0.4, -0.2) is 18.1 Å². The fourth-order valence-corrected chi connectivity index (χ4v) is 1.09. The van der Waals surface area contributed by atoms with E-state index in [1.54, 1.807) is 13.8 Å². The average molecular weight is 154 g/mol. The van der Waals surface area contributed by atoms with E-state index >= 15 is 0 Å². The number of phosphoric acid groups is 1. The molecule has 0 heterocycles. The predicted molar refractivity (Wildman–Crippen MR) is 33.1 cm³/mol. The third-order valence-electron chi connectivity index (χ3n) is 0.584. The van der Waals surface area contributed by atoms with E-state index in [4.69, 9.17) is 4.89 Å². The number of phosphoric ester groups is 1. The van der Waals surface area contributed by atoms with Crippen molar-refractivity contribution in [3.8, 4) is 0 Å². The summed E-state index contributed by atoms with van der Waals surface area (Å²) in [5, 5.41) is 0. The molecule has 56 valence electrons. The first-order valence-electron chi connectivity index (χ1n) is 2.74. The van der Waals surface area contributed by atoms with Gasteiger partial charge in [0.25, 0.3) is 0 Å². The van der Waals surface area contributed by atoms with Crippen LogP contribution in [0.2, 0.25) is 0 Å². The lowest BCUT2D eigenvalue weighted by Gasteiger charge is -2.07. The predicted octanol–water partition coefficient (Wildman–Crippen LogP) is 1.16. The van der Waals surface area contributed by atoms with Gasteiger partial charge in [-0.1, -0.05) is 0 Å². The molecule has 0 aromatic heterocycles. The molecule has 0 atom stereocenters. The smallest absolute Gasteiger partial charge is 0.302 e. The highest BCUT2D eigenvalue weighted by atomic mass is 31.2. The SMILES string of the molecule is CCOP(=O)(O)OCC. The molecular weight excluding hydrogens is 143 g/mol. The van der Waals surface area contributed by atoms with Crippen molar-refractivity contribution in [1.29, 1.82) is 0 Å². The summed E-state index contributed by atoms with van der Waals surface area (Å²) in [7, 11) is -3.69. The highest BCUT2D eigenvalue weighted by Gasteiger charge is 2.17. The average Bonchev–Trinajstić information content (AvgIpc) is 1.64. The molecule has 0 amide bonds. The Morgan fingerprint density at radius 2 is 1.67 bits per heavy atom. The molecule has 4 nitrogen and oxygen atoms in total. The molecule has 0 saturated heterocycles. The second-order valence-corrected chi connectivity index (χ2v) is 2.76. The van der Waals surface area contributed by atoms with Crippen molar-refractivity contribution >= 4 is 7.82 Å². The summed E-state index contributed by atoms with van der Waals surface area (Å²) in [5.41, 5.74) is 0. The molecule has 0 aromatic rings. The van der Waals surface area contributed by atoms with E-state index in [1.807, 2.05) is 0 Å².